The lowest BCUT2D eigenvalue weighted by Gasteiger charge is -2.07. The average molecular weight is 268 g/mol. The molecule has 0 atom stereocenters. The molecule has 0 saturated carbocycles. The van der Waals surface area contributed by atoms with E-state index in [1.807, 2.05) is 37.3 Å². The first-order valence-electron chi connectivity index (χ1n) is 5.15. The number of aryl methyl sites for hydroxylation is 1. The third-order valence-electron chi connectivity index (χ3n) is 2.29. The SMILES string of the molecule is Cc1cc(OCc2cccc(Cl)n2)ccc1Cl. The maximum absolute atomic E-state index is 5.93. The van der Waals surface area contributed by atoms with Crippen molar-refractivity contribution in [3.05, 3.63) is 57.8 Å². The van der Waals surface area contributed by atoms with E-state index in [1.54, 1.807) is 6.07 Å². The summed E-state index contributed by atoms with van der Waals surface area (Å²) in [5, 5.41) is 1.21. The Kier molecular flexibility index (Phi) is 3.87. The van der Waals surface area contributed by atoms with Crippen molar-refractivity contribution < 1.29 is 4.74 Å². The molecule has 0 fully saturated rings. The van der Waals surface area contributed by atoms with Crippen LogP contribution in [0.3, 0.4) is 0 Å². The largest absolute Gasteiger partial charge is 0.487 e. The number of rotatable bonds is 3. The van der Waals surface area contributed by atoms with Gasteiger partial charge in [0.2, 0.25) is 0 Å². The number of halogens is 2. The molecule has 2 aromatic rings. The third kappa shape index (κ3) is 3.35. The van der Waals surface area contributed by atoms with E-state index in [4.69, 9.17) is 27.9 Å². The van der Waals surface area contributed by atoms with Crippen LogP contribution in [0, 0.1) is 6.92 Å². The van der Waals surface area contributed by atoms with Crippen LogP contribution in [0.25, 0.3) is 0 Å². The standard InChI is InChI=1S/C13H11Cl2NO/c1-9-7-11(5-6-12(9)14)17-8-10-3-2-4-13(15)16-10/h2-7H,8H2,1H3. The van der Waals surface area contributed by atoms with E-state index in [0.29, 0.717) is 11.8 Å². The van der Waals surface area contributed by atoms with Crippen LogP contribution in [0.1, 0.15) is 11.3 Å². The highest BCUT2D eigenvalue weighted by molar-refractivity contribution is 6.31. The number of hydrogen-bond acceptors (Lipinski definition) is 2. The van der Waals surface area contributed by atoms with Crippen molar-refractivity contribution in [2.75, 3.05) is 0 Å². The number of nitrogens with zero attached hydrogens (tertiary/aromatic N) is 1. The van der Waals surface area contributed by atoms with Crippen LogP contribution in [0.15, 0.2) is 36.4 Å². The number of pyridine rings is 1. The summed E-state index contributed by atoms with van der Waals surface area (Å²) in [6.45, 7) is 2.33. The molecule has 2 nitrogen and oxygen atoms in total. The monoisotopic (exact) mass is 267 g/mol. The van der Waals surface area contributed by atoms with Gasteiger partial charge in [0.1, 0.15) is 17.5 Å². The molecule has 1 aromatic carbocycles. The molecule has 0 unspecified atom stereocenters. The molecule has 1 aromatic heterocycles. The van der Waals surface area contributed by atoms with Gasteiger partial charge in [-0.3, -0.25) is 0 Å². The first kappa shape index (κ1) is 12.2. The minimum absolute atomic E-state index is 0.391. The van der Waals surface area contributed by atoms with Crippen molar-refractivity contribution in [2.45, 2.75) is 13.5 Å². The summed E-state index contributed by atoms with van der Waals surface area (Å²) < 4.78 is 5.60. The zero-order valence-corrected chi connectivity index (χ0v) is 10.8. The fourth-order valence-electron chi connectivity index (χ4n) is 1.39. The molecule has 0 bridgehead atoms. The van der Waals surface area contributed by atoms with Crippen LogP contribution < -0.4 is 4.74 Å². The molecule has 2 rings (SSSR count). The maximum atomic E-state index is 5.93. The number of aromatic nitrogens is 1. The van der Waals surface area contributed by atoms with Gasteiger partial charge in [0, 0.05) is 5.02 Å². The minimum Gasteiger partial charge on any atom is -0.487 e. The molecule has 0 aliphatic carbocycles. The first-order chi connectivity index (χ1) is 8.15. The summed E-state index contributed by atoms with van der Waals surface area (Å²) >= 11 is 11.7. The topological polar surface area (TPSA) is 22.1 Å². The van der Waals surface area contributed by atoms with Crippen LogP contribution in [0.4, 0.5) is 0 Å². The lowest BCUT2D eigenvalue weighted by atomic mass is 10.2. The van der Waals surface area contributed by atoms with Crippen LogP contribution in [0.5, 0.6) is 5.75 Å². The second-order valence-corrected chi connectivity index (χ2v) is 4.45. The molecule has 0 N–H and O–H groups in total. The summed E-state index contributed by atoms with van der Waals surface area (Å²) in [6, 6.07) is 11.0. The number of ether oxygens (including phenoxy) is 1. The van der Waals surface area contributed by atoms with Gasteiger partial charge in [-0.25, -0.2) is 4.98 Å². The molecule has 0 aliphatic rings. The van der Waals surface area contributed by atoms with Crippen molar-refractivity contribution in [1.29, 1.82) is 0 Å². The van der Waals surface area contributed by atoms with E-state index >= 15 is 0 Å². The molecule has 0 amide bonds. The van der Waals surface area contributed by atoms with Crippen molar-refractivity contribution >= 4 is 23.2 Å². The molecular weight excluding hydrogens is 257 g/mol. The highest BCUT2D eigenvalue weighted by Gasteiger charge is 2.00. The fraction of sp³-hybridized carbons (Fsp3) is 0.154. The molecule has 88 valence electrons. The number of hydrogen-bond donors (Lipinski definition) is 0. The Labute approximate surface area is 110 Å². The molecule has 0 radical (unpaired) electrons. The van der Waals surface area contributed by atoms with Gasteiger partial charge in [-0.05, 0) is 42.8 Å². The Hall–Kier alpha value is -1.25. The zero-order valence-electron chi connectivity index (χ0n) is 9.28. The van der Waals surface area contributed by atoms with Gasteiger partial charge in [0.25, 0.3) is 0 Å². The Morgan fingerprint density at radius 2 is 2.00 bits per heavy atom. The molecule has 4 heteroatoms. The Bertz CT molecular complexity index is 529. The van der Waals surface area contributed by atoms with Gasteiger partial charge in [-0.2, -0.15) is 0 Å². The van der Waals surface area contributed by atoms with Crippen molar-refractivity contribution in [3.63, 3.8) is 0 Å². The molecule has 17 heavy (non-hydrogen) atoms. The lowest BCUT2D eigenvalue weighted by Crippen LogP contribution is -1.98. The fourth-order valence-corrected chi connectivity index (χ4v) is 1.69. The summed E-state index contributed by atoms with van der Waals surface area (Å²) in [7, 11) is 0. The zero-order chi connectivity index (χ0) is 12.3. The average Bonchev–Trinajstić information content (AvgIpc) is 2.31. The quantitative estimate of drug-likeness (QED) is 0.775. The van der Waals surface area contributed by atoms with Crippen molar-refractivity contribution in [3.8, 4) is 5.75 Å². The van der Waals surface area contributed by atoms with Crippen LogP contribution in [-0.4, -0.2) is 4.98 Å². The second-order valence-electron chi connectivity index (χ2n) is 3.65. The van der Waals surface area contributed by atoms with E-state index in [1.165, 1.54) is 0 Å². The van der Waals surface area contributed by atoms with E-state index in [-0.39, 0.29) is 0 Å². The molecular formula is C13H11Cl2NO. The molecule has 1 heterocycles. The summed E-state index contributed by atoms with van der Waals surface area (Å²) in [6.07, 6.45) is 0. The maximum Gasteiger partial charge on any atom is 0.130 e. The predicted molar refractivity (Wildman–Crippen MR) is 69.8 cm³/mol. The highest BCUT2D eigenvalue weighted by Crippen LogP contribution is 2.21. The second kappa shape index (κ2) is 5.39. The normalized spacial score (nSPS) is 10.3. The van der Waals surface area contributed by atoms with Crippen LogP contribution in [0.2, 0.25) is 10.2 Å². The van der Waals surface area contributed by atoms with Gasteiger partial charge in [-0.1, -0.05) is 29.3 Å². The van der Waals surface area contributed by atoms with Gasteiger partial charge < -0.3 is 4.74 Å². The van der Waals surface area contributed by atoms with E-state index in [0.717, 1.165) is 22.0 Å². The minimum atomic E-state index is 0.391. The van der Waals surface area contributed by atoms with Gasteiger partial charge >= 0.3 is 0 Å². The molecule has 0 aliphatic heterocycles. The highest BCUT2D eigenvalue weighted by atomic mass is 35.5. The number of benzene rings is 1. The van der Waals surface area contributed by atoms with Crippen LogP contribution >= 0.6 is 23.2 Å². The van der Waals surface area contributed by atoms with E-state index in [2.05, 4.69) is 4.98 Å². The smallest absolute Gasteiger partial charge is 0.130 e. The van der Waals surface area contributed by atoms with E-state index in [9.17, 15) is 0 Å². The summed E-state index contributed by atoms with van der Waals surface area (Å²) in [5.74, 6) is 0.772. The predicted octanol–water partition coefficient (Wildman–Crippen LogP) is 4.28. The summed E-state index contributed by atoms with van der Waals surface area (Å²) in [4.78, 5) is 4.14. The molecule has 0 spiro atoms. The van der Waals surface area contributed by atoms with Crippen LogP contribution in [-0.2, 0) is 6.61 Å². The van der Waals surface area contributed by atoms with Crippen molar-refractivity contribution in [2.24, 2.45) is 0 Å². The Balaban J connectivity index is 2.05. The molecule has 0 saturated heterocycles. The van der Waals surface area contributed by atoms with Gasteiger partial charge in [0.15, 0.2) is 0 Å². The summed E-state index contributed by atoms with van der Waals surface area (Å²) in [5.41, 5.74) is 1.79. The Morgan fingerprint density at radius 3 is 2.71 bits per heavy atom. The first-order valence-corrected chi connectivity index (χ1v) is 5.91. The van der Waals surface area contributed by atoms with Gasteiger partial charge in [-0.15, -0.1) is 0 Å². The van der Waals surface area contributed by atoms with E-state index < -0.39 is 0 Å². The van der Waals surface area contributed by atoms with Crippen molar-refractivity contribution in [1.82, 2.24) is 4.98 Å². The third-order valence-corrected chi connectivity index (χ3v) is 2.92. The lowest BCUT2D eigenvalue weighted by molar-refractivity contribution is 0.301. The Morgan fingerprint density at radius 1 is 1.18 bits per heavy atom. The van der Waals surface area contributed by atoms with Gasteiger partial charge in [0.05, 0.1) is 5.69 Å².